The minimum Gasteiger partial charge on any atom is -0.306 e. The highest BCUT2D eigenvalue weighted by molar-refractivity contribution is 7.79. The van der Waals surface area contributed by atoms with E-state index in [-0.39, 0.29) is 17.5 Å². The van der Waals surface area contributed by atoms with Gasteiger partial charge in [0.2, 0.25) is 0 Å². The molecule has 2 aliphatic rings. The fraction of sp³-hybridized carbons (Fsp3) is 0.217. The second-order valence-corrected chi connectivity index (χ2v) is 8.55. The largest absolute Gasteiger partial charge is 0.306 e. The smallest absolute Gasteiger partial charge is 0.153 e. The Morgan fingerprint density at radius 2 is 2.03 bits per heavy atom. The maximum Gasteiger partial charge on any atom is 0.153 e. The van der Waals surface area contributed by atoms with Crippen LogP contribution in [0, 0.1) is 22.2 Å². The first-order valence-electron chi connectivity index (χ1n) is 9.59. The van der Waals surface area contributed by atoms with E-state index in [9.17, 15) is 13.2 Å². The third-order valence-corrected chi connectivity index (χ3v) is 6.55. The van der Waals surface area contributed by atoms with Gasteiger partial charge in [-0.2, -0.15) is 0 Å². The molecule has 1 aromatic heterocycles. The van der Waals surface area contributed by atoms with Crippen molar-refractivity contribution >= 4 is 23.2 Å². The average Bonchev–Trinajstić information content (AvgIpc) is 2.73. The average molecular weight is 406 g/mol. The first-order chi connectivity index (χ1) is 14.1. The number of rotatable bonds is 3. The number of halogens is 1. The summed E-state index contributed by atoms with van der Waals surface area (Å²) in [6, 6.07) is 7.26. The first kappa shape index (κ1) is 18.3. The Bertz CT molecular complexity index is 1360. The van der Waals surface area contributed by atoms with Crippen molar-refractivity contribution in [3.8, 4) is 11.3 Å². The van der Waals surface area contributed by atoms with Crippen molar-refractivity contribution in [3.63, 3.8) is 0 Å². The van der Waals surface area contributed by atoms with Crippen molar-refractivity contribution in [2.75, 3.05) is 5.75 Å². The zero-order valence-corrected chi connectivity index (χ0v) is 16.5. The van der Waals surface area contributed by atoms with Crippen LogP contribution in [0.4, 0.5) is 4.39 Å². The van der Waals surface area contributed by atoms with E-state index >= 15 is 0 Å². The van der Waals surface area contributed by atoms with Gasteiger partial charge in [0.25, 0.3) is 0 Å². The van der Waals surface area contributed by atoms with Crippen molar-refractivity contribution in [2.24, 2.45) is 5.92 Å². The van der Waals surface area contributed by atoms with Crippen LogP contribution in [0.1, 0.15) is 17.5 Å². The van der Waals surface area contributed by atoms with Gasteiger partial charge in [0.15, 0.2) is 11.1 Å². The molecule has 0 spiro atoms. The van der Waals surface area contributed by atoms with Crippen LogP contribution in [-0.2, 0) is 23.9 Å². The minimum atomic E-state index is -1.80. The second-order valence-electron chi connectivity index (χ2n) is 7.57. The minimum absolute atomic E-state index is 0.156. The highest BCUT2D eigenvalue weighted by Crippen LogP contribution is 2.23. The molecule has 2 atom stereocenters. The third kappa shape index (κ3) is 3.32. The van der Waals surface area contributed by atoms with Crippen LogP contribution in [-0.4, -0.2) is 24.5 Å². The van der Waals surface area contributed by atoms with Gasteiger partial charge in [0.05, 0.1) is 17.6 Å². The van der Waals surface area contributed by atoms with E-state index in [0.29, 0.717) is 5.69 Å². The molecule has 0 aliphatic heterocycles. The Hall–Kier alpha value is -2.70. The monoisotopic (exact) mass is 406 g/mol. The van der Waals surface area contributed by atoms with Gasteiger partial charge < -0.3 is 4.55 Å². The Morgan fingerprint density at radius 1 is 1.14 bits per heavy atom. The molecule has 6 heteroatoms. The lowest BCUT2D eigenvalue weighted by Gasteiger charge is -2.22. The van der Waals surface area contributed by atoms with E-state index < -0.39 is 11.1 Å². The van der Waals surface area contributed by atoms with E-state index in [1.54, 1.807) is 24.7 Å². The molecule has 29 heavy (non-hydrogen) atoms. The van der Waals surface area contributed by atoms with Crippen molar-refractivity contribution in [1.29, 1.82) is 0 Å². The maximum atomic E-state index is 14.5. The lowest BCUT2D eigenvalue weighted by atomic mass is 9.84. The molecule has 146 valence electrons. The van der Waals surface area contributed by atoms with Crippen molar-refractivity contribution in [1.82, 2.24) is 9.97 Å². The molecule has 0 radical (unpaired) electrons. The van der Waals surface area contributed by atoms with Gasteiger partial charge >= 0.3 is 0 Å². The van der Waals surface area contributed by atoms with Gasteiger partial charge in [-0.1, -0.05) is 24.3 Å². The molecule has 0 saturated carbocycles. The van der Waals surface area contributed by atoms with E-state index in [4.69, 9.17) is 0 Å². The van der Waals surface area contributed by atoms with Crippen LogP contribution in [0.25, 0.3) is 23.4 Å². The van der Waals surface area contributed by atoms with Crippen molar-refractivity contribution in [2.45, 2.75) is 19.3 Å². The van der Waals surface area contributed by atoms with E-state index in [0.717, 1.165) is 40.5 Å². The Morgan fingerprint density at radius 3 is 2.83 bits per heavy atom. The highest BCUT2D eigenvalue weighted by atomic mass is 32.2. The zero-order chi connectivity index (χ0) is 20.0. The molecule has 4 nitrogen and oxygen atoms in total. The lowest BCUT2D eigenvalue weighted by Crippen LogP contribution is -2.26. The standard InChI is InChI=1S/C23H19FN2O2S/c24-16-10-21-18-4-3-15-2-1-14(13-29(27)28)9-20(15)17(18)5-6-19(21)22(11-16)23-12-25-7-8-26-23/h2-4,6-8,10-12,14H,1,5,9,13H2,(H,27,28). The molecule has 5 rings (SSSR count). The Kier molecular flexibility index (Phi) is 4.60. The predicted molar refractivity (Wildman–Crippen MR) is 111 cm³/mol. The summed E-state index contributed by atoms with van der Waals surface area (Å²) >= 11 is -1.80. The summed E-state index contributed by atoms with van der Waals surface area (Å²) in [5.74, 6) is 0.137. The molecule has 3 aromatic rings. The summed E-state index contributed by atoms with van der Waals surface area (Å²) in [5.41, 5.74) is 3.81. The van der Waals surface area contributed by atoms with Crippen LogP contribution in [0.2, 0.25) is 0 Å². The van der Waals surface area contributed by atoms with Gasteiger partial charge in [0.1, 0.15) is 5.82 Å². The van der Waals surface area contributed by atoms with Gasteiger partial charge in [0, 0.05) is 18.0 Å². The lowest BCUT2D eigenvalue weighted by molar-refractivity contribution is 0.528. The molecular weight excluding hydrogens is 387 g/mol. The number of nitrogens with zero attached hydrogens (tertiary/aromatic N) is 2. The van der Waals surface area contributed by atoms with Gasteiger partial charge in [-0.15, -0.1) is 0 Å². The van der Waals surface area contributed by atoms with E-state index in [2.05, 4.69) is 34.3 Å². The van der Waals surface area contributed by atoms with Crippen LogP contribution in [0.5, 0.6) is 0 Å². The predicted octanol–water partition coefficient (Wildman–Crippen LogP) is 2.47. The molecule has 0 amide bonds. The third-order valence-electron chi connectivity index (χ3n) is 5.79. The van der Waals surface area contributed by atoms with Crippen LogP contribution >= 0.6 is 0 Å². The van der Waals surface area contributed by atoms with E-state index in [1.807, 2.05) is 0 Å². The normalized spacial score (nSPS) is 17.9. The fourth-order valence-electron chi connectivity index (χ4n) is 4.54. The van der Waals surface area contributed by atoms with Crippen LogP contribution in [0.15, 0.2) is 42.9 Å². The zero-order valence-electron chi connectivity index (χ0n) is 15.6. The van der Waals surface area contributed by atoms with Crippen LogP contribution in [0.3, 0.4) is 0 Å². The second kappa shape index (κ2) is 7.28. The number of benzene rings is 2. The summed E-state index contributed by atoms with van der Waals surface area (Å²) < 4.78 is 35.1. The first-order valence-corrected chi connectivity index (χ1v) is 10.9. The molecule has 2 aliphatic carbocycles. The quantitative estimate of drug-likeness (QED) is 0.679. The fourth-order valence-corrected chi connectivity index (χ4v) is 5.20. The summed E-state index contributed by atoms with van der Waals surface area (Å²) in [6.07, 6.45) is 11.5. The summed E-state index contributed by atoms with van der Waals surface area (Å²) in [6.45, 7) is 0. The molecule has 0 saturated heterocycles. The maximum absolute atomic E-state index is 14.5. The highest BCUT2D eigenvalue weighted by Gasteiger charge is 2.20. The topological polar surface area (TPSA) is 63.1 Å². The number of hydrogen-bond donors (Lipinski definition) is 1. The van der Waals surface area contributed by atoms with Crippen LogP contribution < -0.4 is 10.4 Å². The Balaban J connectivity index is 1.77. The van der Waals surface area contributed by atoms with Gasteiger partial charge in [-0.3, -0.25) is 9.97 Å². The molecule has 0 bridgehead atoms. The number of aromatic nitrogens is 2. The van der Waals surface area contributed by atoms with Gasteiger partial charge in [-0.05, 0) is 69.3 Å². The SMILES string of the molecule is O=S(O)CC1CC=c2ccc3c(c2C1)CC=c1c(-c2cnccn2)cc(F)cc1=3. The van der Waals surface area contributed by atoms with Gasteiger partial charge in [-0.25, -0.2) is 8.60 Å². The summed E-state index contributed by atoms with van der Waals surface area (Å²) in [4.78, 5) is 8.48. The molecule has 1 N–H and O–H groups in total. The van der Waals surface area contributed by atoms with E-state index in [1.165, 1.54) is 22.4 Å². The van der Waals surface area contributed by atoms with Crippen molar-refractivity contribution < 1.29 is 13.2 Å². The molecule has 2 unspecified atom stereocenters. The summed E-state index contributed by atoms with van der Waals surface area (Å²) in [7, 11) is 0. The molecule has 2 aromatic carbocycles. The number of fused-ring (bicyclic) bond motifs is 4. The molecular formula is C23H19FN2O2S. The molecule has 0 fully saturated rings. The molecule has 1 heterocycles. The number of hydrogen-bond acceptors (Lipinski definition) is 3. The summed E-state index contributed by atoms with van der Waals surface area (Å²) in [5, 5.41) is 4.06. The van der Waals surface area contributed by atoms with Crippen molar-refractivity contribution in [3.05, 3.63) is 80.7 Å². The Labute approximate surface area is 169 Å².